The van der Waals surface area contributed by atoms with E-state index in [2.05, 4.69) is 10.6 Å². The molecule has 1 saturated heterocycles. The zero-order valence-electron chi connectivity index (χ0n) is 13.6. The predicted molar refractivity (Wildman–Crippen MR) is 81.5 cm³/mol. The number of Topliss-reactive ketones (excluding diaryl/α,β-unsaturated/α-hetero) is 1. The molecule has 1 aliphatic rings. The summed E-state index contributed by atoms with van der Waals surface area (Å²) in [6.45, 7) is 3.66. The lowest BCUT2D eigenvalue weighted by molar-refractivity contribution is -0.139. The van der Waals surface area contributed by atoms with E-state index < -0.39 is 29.1 Å². The molecular formula is C15H26N2O6. The van der Waals surface area contributed by atoms with Crippen molar-refractivity contribution < 1.29 is 29.3 Å². The van der Waals surface area contributed by atoms with Crippen molar-refractivity contribution in [3.8, 4) is 0 Å². The number of carbonyl (C=O) groups excluding carboxylic acids is 3. The molecule has 2 atom stereocenters. The third kappa shape index (κ3) is 6.25. The smallest absolute Gasteiger partial charge is 0.287 e. The van der Waals surface area contributed by atoms with Gasteiger partial charge >= 0.3 is 0 Å². The molecule has 2 amide bonds. The van der Waals surface area contributed by atoms with Crippen LogP contribution >= 0.6 is 0 Å². The Morgan fingerprint density at radius 2 is 2.00 bits per heavy atom. The van der Waals surface area contributed by atoms with Gasteiger partial charge in [0.2, 0.25) is 11.7 Å². The number of carbonyl (C=O) groups is 3. The normalized spacial score (nSPS) is 19.2. The number of amides is 2. The highest BCUT2D eigenvalue weighted by atomic mass is 16.5. The van der Waals surface area contributed by atoms with Gasteiger partial charge in [-0.1, -0.05) is 13.8 Å². The van der Waals surface area contributed by atoms with Crippen LogP contribution in [0, 0.1) is 5.41 Å². The molecule has 0 aromatic heterocycles. The summed E-state index contributed by atoms with van der Waals surface area (Å²) in [6, 6.07) is 0. The fraction of sp³-hybridized carbons (Fsp3) is 0.800. The molecule has 0 spiro atoms. The highest BCUT2D eigenvalue weighted by molar-refractivity contribution is 6.36. The first-order chi connectivity index (χ1) is 10.8. The van der Waals surface area contributed by atoms with Gasteiger partial charge in [0.15, 0.2) is 0 Å². The van der Waals surface area contributed by atoms with Gasteiger partial charge in [-0.25, -0.2) is 0 Å². The monoisotopic (exact) mass is 330 g/mol. The molecule has 8 nitrogen and oxygen atoms in total. The zero-order valence-corrected chi connectivity index (χ0v) is 13.6. The summed E-state index contributed by atoms with van der Waals surface area (Å²) in [5.41, 5.74) is -0.979. The number of ketones is 1. The molecule has 0 saturated carbocycles. The summed E-state index contributed by atoms with van der Waals surface area (Å²) in [4.78, 5) is 34.9. The Balaban J connectivity index is 2.24. The lowest BCUT2D eigenvalue weighted by Gasteiger charge is -2.27. The highest BCUT2D eigenvalue weighted by Crippen LogP contribution is 2.19. The lowest BCUT2D eigenvalue weighted by atomic mass is 9.87. The number of aliphatic hydroxyl groups is 2. The Hall–Kier alpha value is -1.51. The van der Waals surface area contributed by atoms with E-state index in [0.717, 1.165) is 12.8 Å². The first-order valence-corrected chi connectivity index (χ1v) is 7.77. The van der Waals surface area contributed by atoms with Crippen molar-refractivity contribution in [2.24, 2.45) is 5.41 Å². The SMILES string of the molecule is CC(C)(CO)C(O)C(=O)NCCC(=O)C(=O)NC[C@H]1CCCO1. The van der Waals surface area contributed by atoms with Gasteiger partial charge in [-0.15, -0.1) is 0 Å². The van der Waals surface area contributed by atoms with E-state index in [-0.39, 0.29) is 25.7 Å². The van der Waals surface area contributed by atoms with Crippen LogP contribution in [0.4, 0.5) is 0 Å². The van der Waals surface area contributed by atoms with Crippen molar-refractivity contribution in [2.75, 3.05) is 26.3 Å². The average Bonchev–Trinajstić information content (AvgIpc) is 3.04. The maximum absolute atomic E-state index is 11.7. The zero-order chi connectivity index (χ0) is 17.5. The molecule has 0 aliphatic carbocycles. The predicted octanol–water partition coefficient (Wildman–Crippen LogP) is -1.26. The van der Waals surface area contributed by atoms with Gasteiger partial charge in [0.05, 0.1) is 12.7 Å². The molecule has 0 bridgehead atoms. The molecule has 8 heteroatoms. The van der Waals surface area contributed by atoms with E-state index in [4.69, 9.17) is 9.84 Å². The van der Waals surface area contributed by atoms with Gasteiger partial charge in [0, 0.05) is 31.5 Å². The summed E-state index contributed by atoms with van der Waals surface area (Å²) in [5, 5.41) is 23.8. The summed E-state index contributed by atoms with van der Waals surface area (Å²) in [6.07, 6.45) is 0.226. The number of rotatable bonds is 9. The molecule has 4 N–H and O–H groups in total. The second-order valence-electron chi connectivity index (χ2n) is 6.36. The molecule has 23 heavy (non-hydrogen) atoms. The number of hydrogen-bond acceptors (Lipinski definition) is 6. The van der Waals surface area contributed by atoms with Crippen molar-refractivity contribution in [1.29, 1.82) is 0 Å². The van der Waals surface area contributed by atoms with Gasteiger partial charge < -0.3 is 25.6 Å². The molecule has 1 aliphatic heterocycles. The largest absolute Gasteiger partial charge is 0.396 e. The maximum atomic E-state index is 11.7. The quantitative estimate of drug-likeness (QED) is 0.391. The number of ether oxygens (including phenoxy) is 1. The number of aliphatic hydroxyl groups excluding tert-OH is 2. The van der Waals surface area contributed by atoms with Crippen LogP contribution in [0.2, 0.25) is 0 Å². The standard InChI is InChI=1S/C15H26N2O6/c1-15(2,9-18)12(20)14(22)16-6-5-11(19)13(21)17-8-10-4-3-7-23-10/h10,12,18,20H,3-9H2,1-2H3,(H,16,22)(H,17,21)/t10-,12?/m1/s1. The van der Waals surface area contributed by atoms with E-state index >= 15 is 0 Å². The number of hydrogen-bond donors (Lipinski definition) is 4. The topological polar surface area (TPSA) is 125 Å². The molecule has 1 unspecified atom stereocenters. The maximum Gasteiger partial charge on any atom is 0.287 e. The van der Waals surface area contributed by atoms with Crippen LogP contribution in [-0.4, -0.2) is 66.3 Å². The van der Waals surface area contributed by atoms with Crippen LogP contribution < -0.4 is 10.6 Å². The Labute approximate surface area is 135 Å². The van der Waals surface area contributed by atoms with Crippen molar-refractivity contribution in [1.82, 2.24) is 10.6 Å². The van der Waals surface area contributed by atoms with Crippen LogP contribution in [0.1, 0.15) is 33.1 Å². The van der Waals surface area contributed by atoms with Crippen molar-refractivity contribution in [3.05, 3.63) is 0 Å². The lowest BCUT2D eigenvalue weighted by Crippen LogP contribution is -2.46. The fourth-order valence-corrected chi connectivity index (χ4v) is 2.06. The summed E-state index contributed by atoms with van der Waals surface area (Å²) in [5.74, 6) is -2.03. The molecular weight excluding hydrogens is 304 g/mol. The van der Waals surface area contributed by atoms with Crippen LogP contribution in [-0.2, 0) is 19.1 Å². The Kier molecular flexibility index (Phi) is 7.60. The highest BCUT2D eigenvalue weighted by Gasteiger charge is 2.32. The van der Waals surface area contributed by atoms with E-state index in [9.17, 15) is 19.5 Å². The first kappa shape index (κ1) is 19.5. The van der Waals surface area contributed by atoms with Crippen molar-refractivity contribution in [2.45, 2.75) is 45.3 Å². The third-order valence-corrected chi connectivity index (χ3v) is 3.81. The average molecular weight is 330 g/mol. The Bertz CT molecular complexity index is 432. The van der Waals surface area contributed by atoms with Gasteiger partial charge in [-0.2, -0.15) is 0 Å². The second kappa shape index (κ2) is 8.95. The first-order valence-electron chi connectivity index (χ1n) is 7.77. The fourth-order valence-electron chi connectivity index (χ4n) is 2.06. The van der Waals surface area contributed by atoms with Gasteiger partial charge in [0.25, 0.3) is 5.91 Å². The summed E-state index contributed by atoms with van der Waals surface area (Å²) in [7, 11) is 0. The minimum atomic E-state index is -1.39. The van der Waals surface area contributed by atoms with E-state index in [0.29, 0.717) is 13.2 Å². The van der Waals surface area contributed by atoms with Gasteiger partial charge in [-0.3, -0.25) is 14.4 Å². The van der Waals surface area contributed by atoms with E-state index in [1.165, 1.54) is 0 Å². The van der Waals surface area contributed by atoms with E-state index in [1.807, 2.05) is 0 Å². The minimum absolute atomic E-state index is 0.0395. The van der Waals surface area contributed by atoms with E-state index in [1.54, 1.807) is 13.8 Å². The van der Waals surface area contributed by atoms with Crippen LogP contribution in [0.15, 0.2) is 0 Å². The second-order valence-corrected chi connectivity index (χ2v) is 6.36. The molecule has 0 aromatic rings. The Morgan fingerprint density at radius 3 is 2.57 bits per heavy atom. The molecule has 0 radical (unpaired) electrons. The molecule has 132 valence electrons. The summed E-state index contributed by atoms with van der Waals surface area (Å²) < 4.78 is 5.33. The van der Waals surface area contributed by atoms with Crippen LogP contribution in [0.3, 0.4) is 0 Å². The van der Waals surface area contributed by atoms with Crippen molar-refractivity contribution in [3.63, 3.8) is 0 Å². The number of nitrogens with one attached hydrogen (secondary N) is 2. The molecule has 1 rings (SSSR count). The third-order valence-electron chi connectivity index (χ3n) is 3.81. The van der Waals surface area contributed by atoms with Crippen LogP contribution in [0.5, 0.6) is 0 Å². The van der Waals surface area contributed by atoms with Gasteiger partial charge in [0.1, 0.15) is 6.10 Å². The molecule has 0 aromatic carbocycles. The van der Waals surface area contributed by atoms with Crippen LogP contribution in [0.25, 0.3) is 0 Å². The van der Waals surface area contributed by atoms with Crippen molar-refractivity contribution >= 4 is 17.6 Å². The Morgan fingerprint density at radius 1 is 1.30 bits per heavy atom. The molecule has 1 heterocycles. The summed E-state index contributed by atoms with van der Waals surface area (Å²) >= 11 is 0. The molecule has 1 fully saturated rings. The minimum Gasteiger partial charge on any atom is -0.396 e. The van der Waals surface area contributed by atoms with Gasteiger partial charge in [-0.05, 0) is 12.8 Å².